The molecular formula is C36H32F3NO5. The maximum atomic E-state index is 14.2. The summed E-state index contributed by atoms with van der Waals surface area (Å²) in [5, 5.41) is 11.3. The van der Waals surface area contributed by atoms with Crippen LogP contribution in [-0.4, -0.2) is 29.0 Å². The molecule has 0 bridgehead atoms. The van der Waals surface area contributed by atoms with Gasteiger partial charge in [0.1, 0.15) is 11.5 Å². The van der Waals surface area contributed by atoms with Crippen LogP contribution in [0.5, 0.6) is 5.75 Å². The topological polar surface area (TPSA) is 80.0 Å². The van der Waals surface area contributed by atoms with E-state index in [-0.39, 0.29) is 24.8 Å². The lowest BCUT2D eigenvalue weighted by atomic mass is 9.83. The Morgan fingerprint density at radius 2 is 1.60 bits per heavy atom. The number of halogens is 3. The average Bonchev–Trinajstić information content (AvgIpc) is 3.50. The van der Waals surface area contributed by atoms with Gasteiger partial charge in [-0.2, -0.15) is 13.2 Å². The number of aliphatic carboxylic acids is 1. The number of nitrogens with zero attached hydrogens (tertiary/aromatic N) is 1. The number of hydrogen-bond acceptors (Lipinski definition) is 4. The highest BCUT2D eigenvalue weighted by atomic mass is 19.4. The first-order valence-electron chi connectivity index (χ1n) is 14.2. The van der Waals surface area contributed by atoms with E-state index in [9.17, 15) is 27.9 Å². The Kier molecular flexibility index (Phi) is 8.47. The zero-order valence-corrected chi connectivity index (χ0v) is 25.2. The smallest absolute Gasteiger partial charge is 0.449 e. The summed E-state index contributed by atoms with van der Waals surface area (Å²) in [6.45, 7) is 4.89. The van der Waals surface area contributed by atoms with Gasteiger partial charge in [-0.05, 0) is 72.0 Å². The van der Waals surface area contributed by atoms with Gasteiger partial charge in [0.2, 0.25) is 5.76 Å². The van der Waals surface area contributed by atoms with Crippen LogP contribution in [-0.2, 0) is 29.5 Å². The van der Waals surface area contributed by atoms with Crippen molar-refractivity contribution in [3.05, 3.63) is 125 Å². The quantitative estimate of drug-likeness (QED) is 0.180. The Morgan fingerprint density at radius 3 is 2.29 bits per heavy atom. The van der Waals surface area contributed by atoms with Gasteiger partial charge in [-0.25, -0.2) is 0 Å². The summed E-state index contributed by atoms with van der Waals surface area (Å²) in [5.41, 5.74) is 2.88. The number of carboxylic acid groups (broad SMARTS) is 1. The fourth-order valence-electron chi connectivity index (χ4n) is 5.30. The van der Waals surface area contributed by atoms with E-state index in [0.717, 1.165) is 33.5 Å². The molecule has 6 nitrogen and oxygen atoms in total. The van der Waals surface area contributed by atoms with E-state index in [0.29, 0.717) is 22.4 Å². The number of aryl methyl sites for hydroxylation is 1. The van der Waals surface area contributed by atoms with Gasteiger partial charge in [-0.3, -0.25) is 9.59 Å². The number of furan rings is 1. The fourth-order valence-corrected chi connectivity index (χ4v) is 5.30. The Morgan fingerprint density at radius 1 is 0.867 bits per heavy atom. The first-order valence-corrected chi connectivity index (χ1v) is 14.2. The largest absolute Gasteiger partial charge is 0.496 e. The third kappa shape index (κ3) is 6.43. The van der Waals surface area contributed by atoms with Crippen molar-refractivity contribution >= 4 is 22.6 Å². The number of ether oxygens (including phenoxy) is 1. The first-order chi connectivity index (χ1) is 21.3. The van der Waals surface area contributed by atoms with Crippen LogP contribution < -0.4 is 4.74 Å². The molecule has 0 saturated heterocycles. The minimum absolute atomic E-state index is 0.0120. The van der Waals surface area contributed by atoms with Crippen molar-refractivity contribution in [2.75, 3.05) is 7.11 Å². The molecule has 0 spiro atoms. The Bertz CT molecular complexity index is 1890. The van der Waals surface area contributed by atoms with Gasteiger partial charge in [0.05, 0.1) is 31.2 Å². The SMILES string of the molecule is COc1cc(-c2cccc(C(C)(C)C(=O)O)c2)ccc1CN(Cc1ccc(C(F)(F)F)o1)C(=O)c1c(C)ccc2ccccc12. The highest BCUT2D eigenvalue weighted by Gasteiger charge is 2.35. The minimum Gasteiger partial charge on any atom is -0.496 e. The van der Waals surface area contributed by atoms with Crippen molar-refractivity contribution in [2.24, 2.45) is 0 Å². The summed E-state index contributed by atoms with van der Waals surface area (Å²) in [7, 11) is 1.50. The van der Waals surface area contributed by atoms with E-state index >= 15 is 0 Å². The van der Waals surface area contributed by atoms with E-state index < -0.39 is 23.3 Å². The highest BCUT2D eigenvalue weighted by molar-refractivity contribution is 6.08. The normalized spacial score (nSPS) is 11.9. The van der Waals surface area contributed by atoms with Gasteiger partial charge < -0.3 is 19.2 Å². The van der Waals surface area contributed by atoms with Gasteiger partial charge in [0.25, 0.3) is 5.91 Å². The van der Waals surface area contributed by atoms with Crippen LogP contribution in [0.1, 0.15) is 52.4 Å². The van der Waals surface area contributed by atoms with Crippen LogP contribution in [0.3, 0.4) is 0 Å². The van der Waals surface area contributed by atoms with Crippen molar-refractivity contribution < 1.29 is 37.0 Å². The molecule has 4 aromatic carbocycles. The standard InChI is InChI=1S/C36H32F3NO5/c1-22-12-13-23-8-5-6-11-29(23)32(22)33(41)40(21-28-16-17-31(45-28)36(37,38)39)20-26-15-14-25(19-30(26)44-4)24-9-7-10-27(18-24)35(2,3)34(42)43/h5-19H,20-21H2,1-4H3,(H,42,43). The van der Waals surface area contributed by atoms with Crippen molar-refractivity contribution in [3.63, 3.8) is 0 Å². The van der Waals surface area contributed by atoms with Crippen LogP contribution in [0.15, 0.2) is 95.4 Å². The van der Waals surface area contributed by atoms with Crippen LogP contribution in [0.25, 0.3) is 21.9 Å². The number of carbonyl (C=O) groups is 2. The maximum Gasteiger partial charge on any atom is 0.449 e. The maximum absolute atomic E-state index is 14.2. The monoisotopic (exact) mass is 615 g/mol. The third-order valence-electron chi connectivity index (χ3n) is 8.03. The number of hydrogen-bond donors (Lipinski definition) is 1. The van der Waals surface area contributed by atoms with Crippen molar-refractivity contribution in [1.29, 1.82) is 0 Å². The predicted octanol–water partition coefficient (Wildman–Crippen LogP) is 8.64. The Balaban J connectivity index is 1.54. The number of carboxylic acids is 1. The molecule has 5 aromatic rings. The van der Waals surface area contributed by atoms with Crippen molar-refractivity contribution in [1.82, 2.24) is 4.90 Å². The number of fused-ring (bicyclic) bond motifs is 1. The molecule has 1 amide bonds. The lowest BCUT2D eigenvalue weighted by Gasteiger charge is -2.25. The van der Waals surface area contributed by atoms with E-state index in [1.165, 1.54) is 18.1 Å². The second-order valence-electron chi connectivity index (χ2n) is 11.4. The molecule has 45 heavy (non-hydrogen) atoms. The van der Waals surface area contributed by atoms with Gasteiger partial charge >= 0.3 is 12.1 Å². The van der Waals surface area contributed by atoms with Crippen LogP contribution in [0, 0.1) is 6.92 Å². The first kappa shape index (κ1) is 31.4. The highest BCUT2D eigenvalue weighted by Crippen LogP contribution is 2.34. The van der Waals surface area contributed by atoms with Crippen molar-refractivity contribution in [3.8, 4) is 16.9 Å². The number of rotatable bonds is 9. The van der Waals surface area contributed by atoms with Crippen LogP contribution >= 0.6 is 0 Å². The van der Waals surface area contributed by atoms with E-state index in [2.05, 4.69) is 0 Å². The molecule has 0 unspecified atom stereocenters. The van der Waals surface area contributed by atoms with Gasteiger partial charge in [0.15, 0.2) is 0 Å². The summed E-state index contributed by atoms with van der Waals surface area (Å²) >= 11 is 0. The molecule has 0 aliphatic rings. The Hall–Kier alpha value is -5.05. The number of amides is 1. The average molecular weight is 616 g/mol. The second-order valence-corrected chi connectivity index (χ2v) is 11.4. The summed E-state index contributed by atoms with van der Waals surface area (Å²) in [6.07, 6.45) is -4.66. The summed E-state index contributed by atoms with van der Waals surface area (Å²) in [4.78, 5) is 27.5. The molecule has 1 aromatic heterocycles. The van der Waals surface area contributed by atoms with Gasteiger partial charge in [0, 0.05) is 5.56 Å². The predicted molar refractivity (Wildman–Crippen MR) is 165 cm³/mol. The summed E-state index contributed by atoms with van der Waals surface area (Å²) < 4.78 is 50.8. The molecule has 0 saturated carbocycles. The lowest BCUT2D eigenvalue weighted by Crippen LogP contribution is -2.31. The molecule has 9 heteroatoms. The van der Waals surface area contributed by atoms with Gasteiger partial charge in [-0.15, -0.1) is 0 Å². The molecular weight excluding hydrogens is 583 g/mol. The third-order valence-corrected chi connectivity index (χ3v) is 8.03. The van der Waals surface area contributed by atoms with Crippen LogP contribution in [0.2, 0.25) is 0 Å². The molecule has 232 valence electrons. The minimum atomic E-state index is -4.66. The number of carbonyl (C=O) groups excluding carboxylic acids is 1. The summed E-state index contributed by atoms with van der Waals surface area (Å²) in [6, 6.07) is 26.0. The Labute approximate surface area is 258 Å². The molecule has 0 aliphatic carbocycles. The molecule has 0 radical (unpaired) electrons. The number of alkyl halides is 3. The zero-order valence-electron chi connectivity index (χ0n) is 25.2. The van der Waals surface area contributed by atoms with Gasteiger partial charge in [-0.1, -0.05) is 72.8 Å². The number of benzene rings is 4. The molecule has 1 N–H and O–H groups in total. The summed E-state index contributed by atoms with van der Waals surface area (Å²) in [5.74, 6) is -2.01. The lowest BCUT2D eigenvalue weighted by molar-refractivity contribution is -0.153. The molecule has 1 heterocycles. The van der Waals surface area contributed by atoms with Crippen LogP contribution in [0.4, 0.5) is 13.2 Å². The van der Waals surface area contributed by atoms with E-state index in [4.69, 9.17) is 9.15 Å². The second kappa shape index (κ2) is 12.1. The zero-order chi connectivity index (χ0) is 32.5. The fraction of sp³-hybridized carbons (Fsp3) is 0.222. The van der Waals surface area contributed by atoms with Crippen molar-refractivity contribution in [2.45, 2.75) is 45.5 Å². The molecule has 5 rings (SSSR count). The molecule has 0 fully saturated rings. The number of methoxy groups -OCH3 is 1. The van der Waals surface area contributed by atoms with E-state index in [1.54, 1.807) is 38.1 Å². The molecule has 0 atom stereocenters. The van der Waals surface area contributed by atoms with E-state index in [1.807, 2.05) is 61.5 Å². The molecule has 0 aliphatic heterocycles.